The molecule has 3 aromatic heterocycles. The van der Waals surface area contributed by atoms with Gasteiger partial charge >= 0.3 is 5.63 Å². The van der Waals surface area contributed by atoms with Gasteiger partial charge in [0, 0.05) is 42.5 Å². The highest BCUT2D eigenvalue weighted by Crippen LogP contribution is 2.52. The molecule has 1 saturated carbocycles. The third-order valence-corrected chi connectivity index (χ3v) is 8.69. The van der Waals surface area contributed by atoms with Crippen LogP contribution in [0, 0.1) is 5.92 Å². The quantitative estimate of drug-likeness (QED) is 0.139. The summed E-state index contributed by atoms with van der Waals surface area (Å²) >= 11 is 0. The molecule has 0 radical (unpaired) electrons. The smallest absolute Gasteiger partial charge is 0.350 e. The second-order valence-corrected chi connectivity index (χ2v) is 10.8. The molecule has 0 N–H and O–H groups in total. The minimum Gasteiger partial charge on any atom is -0.422 e. The SMILES string of the molecule is CCCc1cccc2oc(=O)c3ccc[n+](C4(CC)CC4CCc4ccccc4-c4cccc[n+]4C)c3c12. The number of nitrogens with zero attached hydrogens (tertiary/aromatic N) is 2. The fraction of sp³-hybridized carbons (Fsp3) is 0.324. The molecular weight excluding hydrogens is 468 g/mol. The van der Waals surface area contributed by atoms with Crippen LogP contribution in [-0.2, 0) is 25.4 Å². The van der Waals surface area contributed by atoms with Crippen LogP contribution in [0.25, 0.3) is 33.1 Å². The van der Waals surface area contributed by atoms with Gasteiger partial charge in [-0.15, -0.1) is 0 Å². The molecule has 38 heavy (non-hydrogen) atoms. The largest absolute Gasteiger partial charge is 0.422 e. The topological polar surface area (TPSA) is 38.0 Å². The molecule has 2 unspecified atom stereocenters. The van der Waals surface area contributed by atoms with Crippen molar-refractivity contribution in [2.75, 3.05) is 0 Å². The van der Waals surface area contributed by atoms with Gasteiger partial charge in [-0.25, -0.2) is 9.36 Å². The Kier molecular flexibility index (Phi) is 6.35. The summed E-state index contributed by atoms with van der Waals surface area (Å²) in [5.74, 6) is 0.557. The Labute approximate surface area is 224 Å². The van der Waals surface area contributed by atoms with Gasteiger partial charge in [0.1, 0.15) is 18.0 Å². The van der Waals surface area contributed by atoms with Crippen molar-refractivity contribution in [1.82, 2.24) is 0 Å². The first kappa shape index (κ1) is 24.5. The molecule has 0 saturated heterocycles. The number of aromatic nitrogens is 2. The lowest BCUT2D eigenvalue weighted by atomic mass is 9.96. The third-order valence-electron chi connectivity index (χ3n) is 8.69. The fourth-order valence-corrected chi connectivity index (χ4v) is 6.62. The van der Waals surface area contributed by atoms with Crippen LogP contribution in [0.3, 0.4) is 0 Å². The number of fused-ring (bicyclic) bond motifs is 3. The zero-order chi connectivity index (χ0) is 26.3. The normalized spacial score (nSPS) is 18.8. The van der Waals surface area contributed by atoms with Gasteiger partial charge in [-0.3, -0.25) is 0 Å². The van der Waals surface area contributed by atoms with Gasteiger partial charge in [0.25, 0.3) is 0 Å². The van der Waals surface area contributed by atoms with Gasteiger partial charge < -0.3 is 4.42 Å². The maximum absolute atomic E-state index is 13.1. The summed E-state index contributed by atoms with van der Waals surface area (Å²) in [5.41, 5.74) is 6.72. The third kappa shape index (κ3) is 4.03. The van der Waals surface area contributed by atoms with E-state index >= 15 is 0 Å². The summed E-state index contributed by atoms with van der Waals surface area (Å²) in [6, 6.07) is 25.3. The van der Waals surface area contributed by atoms with E-state index in [-0.39, 0.29) is 11.2 Å². The number of aryl methyl sites for hydroxylation is 3. The lowest BCUT2D eigenvalue weighted by Crippen LogP contribution is -2.48. The zero-order valence-corrected chi connectivity index (χ0v) is 22.6. The Hall–Kier alpha value is -3.79. The first-order valence-electron chi connectivity index (χ1n) is 14.0. The van der Waals surface area contributed by atoms with Crippen molar-refractivity contribution in [3.05, 3.63) is 107 Å². The van der Waals surface area contributed by atoms with Gasteiger partial charge in [0.15, 0.2) is 17.9 Å². The minimum absolute atomic E-state index is 0.0198. The maximum Gasteiger partial charge on any atom is 0.350 e. The molecular formula is C34H36N2O2+2. The van der Waals surface area contributed by atoms with Gasteiger partial charge in [-0.05, 0) is 54.7 Å². The van der Waals surface area contributed by atoms with Crippen molar-refractivity contribution in [2.24, 2.45) is 13.0 Å². The van der Waals surface area contributed by atoms with E-state index in [9.17, 15) is 4.79 Å². The Morgan fingerprint density at radius 1 is 0.895 bits per heavy atom. The molecule has 2 aromatic carbocycles. The molecule has 4 heteroatoms. The van der Waals surface area contributed by atoms with E-state index in [2.05, 4.69) is 91.0 Å². The number of benzene rings is 2. The van der Waals surface area contributed by atoms with Gasteiger partial charge in [0.05, 0.1) is 5.39 Å². The van der Waals surface area contributed by atoms with E-state index in [0.717, 1.165) is 49.4 Å². The minimum atomic E-state index is -0.247. The van der Waals surface area contributed by atoms with Crippen molar-refractivity contribution >= 4 is 21.9 Å². The highest BCUT2D eigenvalue weighted by atomic mass is 16.4. The Balaban J connectivity index is 1.39. The number of hydrogen-bond acceptors (Lipinski definition) is 2. The van der Waals surface area contributed by atoms with Crippen molar-refractivity contribution in [3.63, 3.8) is 0 Å². The Bertz CT molecular complexity index is 1700. The molecule has 0 aliphatic heterocycles. The van der Waals surface area contributed by atoms with Crippen LogP contribution in [0.15, 0.2) is 94.4 Å². The maximum atomic E-state index is 13.1. The fourth-order valence-electron chi connectivity index (χ4n) is 6.62. The molecule has 2 atom stereocenters. The number of pyridine rings is 2. The van der Waals surface area contributed by atoms with Crippen LogP contribution in [0.5, 0.6) is 0 Å². The second kappa shape index (κ2) is 9.83. The van der Waals surface area contributed by atoms with E-state index < -0.39 is 0 Å². The van der Waals surface area contributed by atoms with E-state index in [4.69, 9.17) is 4.42 Å². The van der Waals surface area contributed by atoms with E-state index in [0.29, 0.717) is 16.9 Å². The molecule has 192 valence electrons. The van der Waals surface area contributed by atoms with E-state index in [1.165, 1.54) is 22.4 Å². The van der Waals surface area contributed by atoms with Gasteiger partial charge in [0.2, 0.25) is 11.2 Å². The zero-order valence-electron chi connectivity index (χ0n) is 22.6. The summed E-state index contributed by atoms with van der Waals surface area (Å²) in [4.78, 5) is 13.1. The summed E-state index contributed by atoms with van der Waals surface area (Å²) in [7, 11) is 2.11. The van der Waals surface area contributed by atoms with Crippen molar-refractivity contribution < 1.29 is 13.6 Å². The molecule has 1 aliphatic rings. The molecule has 0 amide bonds. The lowest BCUT2D eigenvalue weighted by Gasteiger charge is -2.15. The summed E-state index contributed by atoms with van der Waals surface area (Å²) in [5, 5.41) is 1.79. The van der Waals surface area contributed by atoms with Crippen molar-refractivity contribution in [1.29, 1.82) is 0 Å². The first-order chi connectivity index (χ1) is 18.6. The van der Waals surface area contributed by atoms with Gasteiger partial charge in [-0.2, -0.15) is 4.57 Å². The van der Waals surface area contributed by atoms with Crippen LogP contribution in [0.1, 0.15) is 50.7 Å². The summed E-state index contributed by atoms with van der Waals surface area (Å²) < 4.78 is 10.4. The Morgan fingerprint density at radius 2 is 1.71 bits per heavy atom. The molecule has 0 spiro atoms. The molecule has 5 aromatic rings. The monoisotopic (exact) mass is 504 g/mol. The summed E-state index contributed by atoms with van der Waals surface area (Å²) in [6.45, 7) is 4.50. The molecule has 1 fully saturated rings. The predicted octanol–water partition coefficient (Wildman–Crippen LogP) is 6.44. The number of rotatable bonds is 8. The van der Waals surface area contributed by atoms with Crippen LogP contribution >= 0.6 is 0 Å². The van der Waals surface area contributed by atoms with Crippen LogP contribution < -0.4 is 14.8 Å². The van der Waals surface area contributed by atoms with Crippen LogP contribution in [0.2, 0.25) is 0 Å². The molecule has 6 rings (SSSR count). The Morgan fingerprint density at radius 3 is 2.53 bits per heavy atom. The molecule has 3 heterocycles. The highest BCUT2D eigenvalue weighted by molar-refractivity contribution is 6.01. The van der Waals surface area contributed by atoms with Gasteiger partial charge in [-0.1, -0.05) is 50.6 Å². The van der Waals surface area contributed by atoms with E-state index in [1.54, 1.807) is 0 Å². The second-order valence-electron chi connectivity index (χ2n) is 10.8. The average molecular weight is 505 g/mol. The summed E-state index contributed by atoms with van der Waals surface area (Å²) in [6.07, 6.45) is 10.6. The first-order valence-corrected chi connectivity index (χ1v) is 14.0. The standard InChI is InChI=1S/C34H36N2O2/c1-4-12-25-14-10-18-30-31(25)32-28(33(37)38-30)16-11-22-36(32)34(5-2)23-26(34)20-19-24-13-6-7-15-27(24)29-17-8-9-21-35(29)3/h6-11,13-18,21-22,26H,4-5,12,19-20,23H2,1-3H3/q+2. The van der Waals surface area contributed by atoms with Crippen molar-refractivity contribution in [2.45, 2.75) is 57.9 Å². The predicted molar refractivity (Wildman–Crippen MR) is 152 cm³/mol. The van der Waals surface area contributed by atoms with Crippen molar-refractivity contribution in [3.8, 4) is 11.3 Å². The van der Waals surface area contributed by atoms with Crippen LogP contribution in [0.4, 0.5) is 0 Å². The van der Waals surface area contributed by atoms with Crippen LogP contribution in [-0.4, -0.2) is 0 Å². The average Bonchev–Trinajstić information content (AvgIpc) is 3.67. The molecule has 4 nitrogen and oxygen atoms in total. The molecule has 1 aliphatic carbocycles. The number of hydrogen-bond donors (Lipinski definition) is 0. The lowest BCUT2D eigenvalue weighted by molar-refractivity contribution is -0.718. The molecule has 0 bridgehead atoms. The highest BCUT2D eigenvalue weighted by Gasteiger charge is 2.61. The van der Waals surface area contributed by atoms with E-state index in [1.807, 2.05) is 24.3 Å².